The van der Waals surface area contributed by atoms with Gasteiger partial charge < -0.3 is 9.32 Å². The third kappa shape index (κ3) is 2.53. The van der Waals surface area contributed by atoms with Crippen molar-refractivity contribution in [3.63, 3.8) is 0 Å². The van der Waals surface area contributed by atoms with E-state index in [9.17, 15) is 9.59 Å². The summed E-state index contributed by atoms with van der Waals surface area (Å²) in [7, 11) is 0. The van der Waals surface area contributed by atoms with Gasteiger partial charge >= 0.3 is 0 Å². The van der Waals surface area contributed by atoms with Gasteiger partial charge in [-0.15, -0.1) is 0 Å². The van der Waals surface area contributed by atoms with E-state index in [1.54, 1.807) is 12.3 Å². The molecule has 0 unspecified atom stereocenters. The summed E-state index contributed by atoms with van der Waals surface area (Å²) in [6, 6.07) is 3.96. The maximum absolute atomic E-state index is 12.9. The van der Waals surface area contributed by atoms with Crippen molar-refractivity contribution < 1.29 is 9.21 Å². The molecule has 7 nitrogen and oxygen atoms in total. The highest BCUT2D eigenvalue weighted by molar-refractivity contribution is 5.82. The second-order valence-electron chi connectivity index (χ2n) is 7.20. The summed E-state index contributed by atoms with van der Waals surface area (Å²) in [6.45, 7) is 6.11. The lowest BCUT2D eigenvalue weighted by Crippen LogP contribution is -2.49. The zero-order valence-corrected chi connectivity index (χ0v) is 15.4. The first-order valence-corrected chi connectivity index (χ1v) is 9.31. The minimum absolute atomic E-state index is 0.0242. The van der Waals surface area contributed by atoms with E-state index in [1.807, 2.05) is 22.3 Å². The molecule has 26 heavy (non-hydrogen) atoms. The largest absolute Gasteiger partial charge is 0.463 e. The summed E-state index contributed by atoms with van der Waals surface area (Å²) in [5.41, 5.74) is 1.72. The van der Waals surface area contributed by atoms with Crippen LogP contribution in [0.5, 0.6) is 0 Å². The highest BCUT2D eigenvalue weighted by Crippen LogP contribution is 2.23. The second-order valence-corrected chi connectivity index (χ2v) is 7.20. The molecule has 0 saturated carbocycles. The van der Waals surface area contributed by atoms with Crippen molar-refractivity contribution in [2.24, 2.45) is 0 Å². The van der Waals surface area contributed by atoms with E-state index < -0.39 is 0 Å². The Labute approximate surface area is 151 Å². The third-order valence-electron chi connectivity index (χ3n) is 5.45. The summed E-state index contributed by atoms with van der Waals surface area (Å²) in [6.07, 6.45) is 5.40. The van der Waals surface area contributed by atoms with Gasteiger partial charge in [0.15, 0.2) is 5.58 Å². The number of nitrogens with zero attached hydrogens (tertiary/aromatic N) is 4. The van der Waals surface area contributed by atoms with Crippen LogP contribution in [0.4, 0.5) is 0 Å². The first kappa shape index (κ1) is 16.9. The average molecular weight is 356 g/mol. The Kier molecular flexibility index (Phi) is 4.09. The van der Waals surface area contributed by atoms with Gasteiger partial charge in [0.25, 0.3) is 5.56 Å². The van der Waals surface area contributed by atoms with Crippen molar-refractivity contribution in [1.29, 1.82) is 0 Å². The molecule has 0 spiro atoms. The van der Waals surface area contributed by atoms with Gasteiger partial charge in [-0.3, -0.25) is 14.0 Å². The van der Waals surface area contributed by atoms with Crippen LogP contribution in [0.2, 0.25) is 0 Å². The van der Waals surface area contributed by atoms with Gasteiger partial charge in [0, 0.05) is 30.6 Å². The van der Waals surface area contributed by atoms with Gasteiger partial charge in [0.1, 0.15) is 17.9 Å². The summed E-state index contributed by atoms with van der Waals surface area (Å²) in [4.78, 5) is 27.7. The first-order valence-electron chi connectivity index (χ1n) is 9.31. The molecule has 3 aromatic heterocycles. The van der Waals surface area contributed by atoms with Crippen molar-refractivity contribution in [3.8, 4) is 0 Å². The topological polar surface area (TPSA) is 72.8 Å². The van der Waals surface area contributed by atoms with E-state index in [4.69, 9.17) is 4.42 Å². The number of fused-ring (bicyclic) bond motifs is 3. The van der Waals surface area contributed by atoms with E-state index in [0.717, 1.165) is 30.6 Å². The van der Waals surface area contributed by atoms with Crippen LogP contribution in [0.1, 0.15) is 45.9 Å². The van der Waals surface area contributed by atoms with Crippen molar-refractivity contribution in [2.75, 3.05) is 0 Å². The van der Waals surface area contributed by atoms with Crippen LogP contribution < -0.4 is 5.56 Å². The molecule has 0 aliphatic carbocycles. The lowest BCUT2D eigenvalue weighted by molar-refractivity contribution is -0.138. The van der Waals surface area contributed by atoms with Gasteiger partial charge in [0.05, 0.1) is 11.8 Å². The molecule has 7 heteroatoms. The van der Waals surface area contributed by atoms with Crippen LogP contribution in [0, 0.1) is 0 Å². The van der Waals surface area contributed by atoms with E-state index in [1.165, 1.54) is 4.68 Å². The Morgan fingerprint density at radius 1 is 1.27 bits per heavy atom. The maximum atomic E-state index is 12.9. The number of carbonyl (C=O) groups excluding carboxylic acids is 1. The molecule has 1 saturated heterocycles. The van der Waals surface area contributed by atoms with Gasteiger partial charge in [0.2, 0.25) is 5.91 Å². The molecule has 3 aromatic rings. The zero-order valence-electron chi connectivity index (χ0n) is 15.4. The summed E-state index contributed by atoms with van der Waals surface area (Å²) >= 11 is 0. The fraction of sp³-hybridized carbons (Fsp3) is 0.526. The minimum atomic E-state index is -0.265. The number of aryl methyl sites for hydroxylation is 1. The highest BCUT2D eigenvalue weighted by atomic mass is 16.3. The Morgan fingerprint density at radius 2 is 2.00 bits per heavy atom. The number of rotatable bonds is 3. The number of hydrogen-bond acceptors (Lipinski definition) is 4. The zero-order chi connectivity index (χ0) is 18.4. The number of aromatic nitrogens is 3. The van der Waals surface area contributed by atoms with Crippen molar-refractivity contribution in [3.05, 3.63) is 34.6 Å². The van der Waals surface area contributed by atoms with E-state index in [0.29, 0.717) is 17.5 Å². The van der Waals surface area contributed by atoms with Crippen LogP contribution in [-0.4, -0.2) is 37.1 Å². The molecule has 1 aliphatic heterocycles. The molecule has 0 radical (unpaired) electrons. The van der Waals surface area contributed by atoms with Crippen LogP contribution in [0.3, 0.4) is 0 Å². The molecular formula is C19H24N4O3. The lowest BCUT2D eigenvalue weighted by Gasteiger charge is -2.39. The second kappa shape index (κ2) is 6.30. The Hall–Kier alpha value is -2.57. The SMILES string of the molecule is CCc1nn(CC(=O)N2[C@H](C)CCC[C@@H]2C)c(=O)c2cc3occc3n12. The van der Waals surface area contributed by atoms with Crippen molar-refractivity contribution in [2.45, 2.75) is 65.1 Å². The molecule has 1 amide bonds. The fourth-order valence-electron chi connectivity index (χ4n) is 4.18. The van der Waals surface area contributed by atoms with Crippen molar-refractivity contribution >= 4 is 22.5 Å². The third-order valence-corrected chi connectivity index (χ3v) is 5.45. The predicted octanol–water partition coefficient (Wildman–Crippen LogP) is 2.59. The number of amides is 1. The molecule has 0 N–H and O–H groups in total. The van der Waals surface area contributed by atoms with E-state index in [-0.39, 0.29) is 30.1 Å². The number of furan rings is 1. The molecule has 0 aromatic carbocycles. The quantitative estimate of drug-likeness (QED) is 0.723. The first-order chi connectivity index (χ1) is 12.5. The molecule has 2 atom stereocenters. The van der Waals surface area contributed by atoms with Gasteiger partial charge in [-0.05, 0) is 33.1 Å². The highest BCUT2D eigenvalue weighted by Gasteiger charge is 2.29. The fourth-order valence-corrected chi connectivity index (χ4v) is 4.18. The number of likely N-dealkylation sites (tertiary alicyclic amines) is 1. The number of piperidine rings is 1. The van der Waals surface area contributed by atoms with Gasteiger partial charge in [-0.1, -0.05) is 6.92 Å². The number of hydrogen-bond donors (Lipinski definition) is 0. The summed E-state index contributed by atoms with van der Waals surface area (Å²) in [5.74, 6) is 0.699. The number of carbonyl (C=O) groups is 1. The maximum Gasteiger partial charge on any atom is 0.291 e. The molecule has 1 fully saturated rings. The van der Waals surface area contributed by atoms with Crippen LogP contribution in [0.25, 0.3) is 16.6 Å². The average Bonchev–Trinajstić information content (AvgIpc) is 3.18. The van der Waals surface area contributed by atoms with Gasteiger partial charge in [-0.25, -0.2) is 4.68 Å². The van der Waals surface area contributed by atoms with Crippen LogP contribution in [0.15, 0.2) is 27.6 Å². The molecule has 0 bridgehead atoms. The Morgan fingerprint density at radius 3 is 2.69 bits per heavy atom. The van der Waals surface area contributed by atoms with Crippen molar-refractivity contribution in [1.82, 2.24) is 19.1 Å². The van der Waals surface area contributed by atoms with Crippen LogP contribution >= 0.6 is 0 Å². The lowest BCUT2D eigenvalue weighted by atomic mass is 9.97. The van der Waals surface area contributed by atoms with Gasteiger partial charge in [-0.2, -0.15) is 5.10 Å². The molecule has 138 valence electrons. The normalized spacial score (nSPS) is 21.0. The molecular weight excluding hydrogens is 332 g/mol. The summed E-state index contributed by atoms with van der Waals surface area (Å²) in [5, 5.41) is 4.48. The Bertz CT molecular complexity index is 1020. The Balaban J connectivity index is 1.76. The predicted molar refractivity (Wildman–Crippen MR) is 98.2 cm³/mol. The standard InChI is InChI=1S/C19H24N4O3/c1-4-17-20-21(11-18(24)22-12(2)6-5-7-13(22)3)19(25)15-10-16-14(23(15)17)8-9-26-16/h8-10,12-13H,4-7,11H2,1-3H3/t12-,13+. The monoisotopic (exact) mass is 356 g/mol. The molecule has 4 heterocycles. The smallest absolute Gasteiger partial charge is 0.291 e. The van der Waals surface area contributed by atoms with Crippen LogP contribution in [-0.2, 0) is 17.8 Å². The van der Waals surface area contributed by atoms with E-state index in [2.05, 4.69) is 18.9 Å². The minimum Gasteiger partial charge on any atom is -0.463 e. The molecule has 4 rings (SSSR count). The molecule has 1 aliphatic rings. The summed E-state index contributed by atoms with van der Waals surface area (Å²) < 4.78 is 8.57. The van der Waals surface area contributed by atoms with E-state index >= 15 is 0 Å².